The molecule has 2 atom stereocenters. The van der Waals surface area contributed by atoms with E-state index in [1.165, 1.54) is 0 Å². The standard InChI is InChI=1S/C12H12O3/c1-3-6-12-7-4-5-8(2)9(12)10(13)15-11(12)14/h3-4,7,9H,1-2,5-6H2. The maximum Gasteiger partial charge on any atom is 0.325 e. The number of cyclic esters (lactones) is 2. The number of hydrogen-bond donors (Lipinski definition) is 0. The fraction of sp³-hybridized carbons (Fsp3) is 0.333. The van der Waals surface area contributed by atoms with Crippen LogP contribution < -0.4 is 0 Å². The lowest BCUT2D eigenvalue weighted by Gasteiger charge is -2.29. The zero-order chi connectivity index (χ0) is 11.1. The van der Waals surface area contributed by atoms with Crippen molar-refractivity contribution in [3.05, 3.63) is 37.0 Å². The molecule has 0 spiro atoms. The summed E-state index contributed by atoms with van der Waals surface area (Å²) in [5, 5.41) is 0. The summed E-state index contributed by atoms with van der Waals surface area (Å²) in [4.78, 5) is 23.2. The fourth-order valence-corrected chi connectivity index (χ4v) is 2.32. The van der Waals surface area contributed by atoms with Crippen LogP contribution in [0.4, 0.5) is 0 Å². The number of carbonyl (C=O) groups excluding carboxylic acids is 2. The molecule has 3 heteroatoms. The molecular formula is C12H12O3. The van der Waals surface area contributed by atoms with E-state index < -0.39 is 23.3 Å². The number of allylic oxidation sites excluding steroid dienone is 2. The largest absolute Gasteiger partial charge is 0.392 e. The predicted molar refractivity (Wildman–Crippen MR) is 54.7 cm³/mol. The molecule has 1 fully saturated rings. The number of hydrogen-bond acceptors (Lipinski definition) is 3. The van der Waals surface area contributed by atoms with Crippen molar-refractivity contribution >= 4 is 11.9 Å². The number of fused-ring (bicyclic) bond motifs is 1. The van der Waals surface area contributed by atoms with Gasteiger partial charge in [-0.05, 0) is 12.8 Å². The monoisotopic (exact) mass is 204 g/mol. The minimum Gasteiger partial charge on any atom is -0.392 e. The van der Waals surface area contributed by atoms with E-state index >= 15 is 0 Å². The third-order valence-corrected chi connectivity index (χ3v) is 3.01. The smallest absolute Gasteiger partial charge is 0.325 e. The van der Waals surface area contributed by atoms with Crippen molar-refractivity contribution in [2.45, 2.75) is 12.8 Å². The van der Waals surface area contributed by atoms with Crippen LogP contribution in [0.5, 0.6) is 0 Å². The summed E-state index contributed by atoms with van der Waals surface area (Å²) in [5.41, 5.74) is -0.121. The predicted octanol–water partition coefficient (Wildman–Crippen LogP) is 1.76. The Morgan fingerprint density at radius 1 is 1.60 bits per heavy atom. The van der Waals surface area contributed by atoms with E-state index in [0.29, 0.717) is 12.8 Å². The molecule has 0 amide bonds. The fourth-order valence-electron chi connectivity index (χ4n) is 2.32. The Bertz CT molecular complexity index is 384. The SMILES string of the molecule is C=CCC12C=CCC(=C)C1C(=O)OC2=O. The molecule has 1 aliphatic carbocycles. The van der Waals surface area contributed by atoms with Gasteiger partial charge in [-0.15, -0.1) is 6.58 Å². The summed E-state index contributed by atoms with van der Waals surface area (Å²) in [7, 11) is 0. The molecular weight excluding hydrogens is 192 g/mol. The van der Waals surface area contributed by atoms with Gasteiger partial charge in [-0.2, -0.15) is 0 Å². The molecule has 0 aromatic rings. The lowest BCUT2D eigenvalue weighted by molar-refractivity contribution is -0.154. The molecule has 0 aromatic heterocycles. The molecule has 1 saturated heterocycles. The number of ether oxygens (including phenoxy) is 1. The maximum atomic E-state index is 11.7. The van der Waals surface area contributed by atoms with Gasteiger partial charge in [-0.3, -0.25) is 9.59 Å². The van der Waals surface area contributed by atoms with Crippen molar-refractivity contribution < 1.29 is 14.3 Å². The highest BCUT2D eigenvalue weighted by atomic mass is 16.6. The lowest BCUT2D eigenvalue weighted by atomic mass is 9.68. The van der Waals surface area contributed by atoms with Crippen LogP contribution in [0, 0.1) is 11.3 Å². The number of rotatable bonds is 2. The average molecular weight is 204 g/mol. The Kier molecular flexibility index (Phi) is 2.11. The molecule has 0 bridgehead atoms. The van der Waals surface area contributed by atoms with Crippen molar-refractivity contribution in [2.24, 2.45) is 11.3 Å². The van der Waals surface area contributed by atoms with E-state index in [0.717, 1.165) is 5.57 Å². The highest BCUT2D eigenvalue weighted by Crippen LogP contribution is 2.48. The van der Waals surface area contributed by atoms with Crippen LogP contribution in [0.2, 0.25) is 0 Å². The maximum absolute atomic E-state index is 11.7. The van der Waals surface area contributed by atoms with Gasteiger partial charge in [0, 0.05) is 0 Å². The van der Waals surface area contributed by atoms with Crippen LogP contribution in [-0.4, -0.2) is 11.9 Å². The number of carbonyl (C=O) groups is 2. The van der Waals surface area contributed by atoms with Gasteiger partial charge in [-0.1, -0.05) is 30.4 Å². The Morgan fingerprint density at radius 3 is 3.00 bits per heavy atom. The van der Waals surface area contributed by atoms with Crippen molar-refractivity contribution in [3.63, 3.8) is 0 Å². The van der Waals surface area contributed by atoms with E-state index in [-0.39, 0.29) is 0 Å². The summed E-state index contributed by atoms with van der Waals surface area (Å²) < 4.78 is 4.70. The van der Waals surface area contributed by atoms with Gasteiger partial charge >= 0.3 is 11.9 Å². The second kappa shape index (κ2) is 3.19. The normalized spacial score (nSPS) is 33.9. The second-order valence-corrected chi connectivity index (χ2v) is 3.94. The molecule has 78 valence electrons. The third-order valence-electron chi connectivity index (χ3n) is 3.01. The molecule has 2 unspecified atom stereocenters. The first-order chi connectivity index (χ1) is 7.12. The van der Waals surface area contributed by atoms with Crippen LogP contribution in [0.3, 0.4) is 0 Å². The Hall–Kier alpha value is -1.64. The second-order valence-electron chi connectivity index (χ2n) is 3.94. The Balaban J connectivity index is 2.53. The van der Waals surface area contributed by atoms with Crippen molar-refractivity contribution in [2.75, 3.05) is 0 Å². The van der Waals surface area contributed by atoms with Crippen LogP contribution in [-0.2, 0) is 14.3 Å². The molecule has 0 N–H and O–H groups in total. The summed E-state index contributed by atoms with van der Waals surface area (Å²) in [6, 6.07) is 0. The van der Waals surface area contributed by atoms with Gasteiger partial charge < -0.3 is 4.74 Å². The summed E-state index contributed by atoms with van der Waals surface area (Å²) in [5.74, 6) is -1.47. The van der Waals surface area contributed by atoms with Gasteiger partial charge in [-0.25, -0.2) is 0 Å². The molecule has 1 heterocycles. The van der Waals surface area contributed by atoms with Crippen LogP contribution in [0.15, 0.2) is 37.0 Å². The Morgan fingerprint density at radius 2 is 2.33 bits per heavy atom. The van der Waals surface area contributed by atoms with E-state index in [1.807, 2.05) is 6.08 Å². The van der Waals surface area contributed by atoms with Crippen molar-refractivity contribution in [1.82, 2.24) is 0 Å². The van der Waals surface area contributed by atoms with E-state index in [9.17, 15) is 9.59 Å². The molecule has 15 heavy (non-hydrogen) atoms. The zero-order valence-corrected chi connectivity index (χ0v) is 8.36. The highest BCUT2D eigenvalue weighted by Gasteiger charge is 2.57. The summed E-state index contributed by atoms with van der Waals surface area (Å²) in [6.45, 7) is 7.44. The molecule has 0 aromatic carbocycles. The average Bonchev–Trinajstić information content (AvgIpc) is 2.41. The molecule has 2 rings (SSSR count). The Labute approximate surface area is 88.1 Å². The minimum atomic E-state index is -0.867. The summed E-state index contributed by atoms with van der Waals surface area (Å²) >= 11 is 0. The van der Waals surface area contributed by atoms with Gasteiger partial charge in [0.05, 0.1) is 5.92 Å². The van der Waals surface area contributed by atoms with Crippen molar-refractivity contribution in [1.29, 1.82) is 0 Å². The van der Waals surface area contributed by atoms with Crippen molar-refractivity contribution in [3.8, 4) is 0 Å². The van der Waals surface area contributed by atoms with E-state index in [1.54, 1.807) is 12.2 Å². The van der Waals surface area contributed by atoms with Crippen LogP contribution in [0.25, 0.3) is 0 Å². The number of esters is 2. The molecule has 2 aliphatic rings. The molecule has 3 nitrogen and oxygen atoms in total. The quantitative estimate of drug-likeness (QED) is 0.391. The summed E-state index contributed by atoms with van der Waals surface area (Å²) in [6.07, 6.45) is 6.31. The van der Waals surface area contributed by atoms with E-state index in [4.69, 9.17) is 4.74 Å². The van der Waals surface area contributed by atoms with Crippen LogP contribution >= 0.6 is 0 Å². The third kappa shape index (κ3) is 1.19. The highest BCUT2D eigenvalue weighted by molar-refractivity contribution is 6.02. The van der Waals surface area contributed by atoms with E-state index in [2.05, 4.69) is 13.2 Å². The topological polar surface area (TPSA) is 43.4 Å². The van der Waals surface area contributed by atoms with Gasteiger partial charge in [0.25, 0.3) is 0 Å². The first kappa shape index (κ1) is 9.90. The molecule has 0 saturated carbocycles. The lowest BCUT2D eigenvalue weighted by Crippen LogP contribution is -2.34. The van der Waals surface area contributed by atoms with Crippen LogP contribution in [0.1, 0.15) is 12.8 Å². The van der Waals surface area contributed by atoms with Gasteiger partial charge in [0.15, 0.2) is 0 Å². The molecule has 1 aliphatic heterocycles. The van der Waals surface area contributed by atoms with Gasteiger partial charge in [0.1, 0.15) is 5.41 Å². The first-order valence-electron chi connectivity index (χ1n) is 4.84. The minimum absolute atomic E-state index is 0.414. The zero-order valence-electron chi connectivity index (χ0n) is 8.36. The first-order valence-corrected chi connectivity index (χ1v) is 4.84. The van der Waals surface area contributed by atoms with Gasteiger partial charge in [0.2, 0.25) is 0 Å². The molecule has 0 radical (unpaired) electrons.